The van der Waals surface area contributed by atoms with E-state index in [4.69, 9.17) is 4.74 Å². The Labute approximate surface area is 161 Å². The van der Waals surface area contributed by atoms with Crippen LogP contribution in [0.1, 0.15) is 31.4 Å². The average molecular weight is 391 g/mol. The minimum atomic E-state index is -3.66. The molecule has 2 aromatic rings. The number of carbonyl (C=O) groups excluding carboxylic acids is 1. The maximum absolute atomic E-state index is 12.4. The molecular formula is C20H26N2O4S. The van der Waals surface area contributed by atoms with Crippen molar-refractivity contribution in [1.29, 1.82) is 0 Å². The van der Waals surface area contributed by atoms with Crippen molar-refractivity contribution < 1.29 is 17.9 Å². The first-order valence-electron chi connectivity index (χ1n) is 8.77. The SMILES string of the molecule is COc1ccc(S(=O)(=O)NC(C)C)cc1NC(=O)CCc1ccc(C)cc1. The maximum atomic E-state index is 12.4. The van der Waals surface area contributed by atoms with E-state index in [1.807, 2.05) is 31.2 Å². The fourth-order valence-corrected chi connectivity index (χ4v) is 3.83. The minimum absolute atomic E-state index is 0.0748. The zero-order valence-electron chi connectivity index (χ0n) is 16.1. The zero-order valence-corrected chi connectivity index (χ0v) is 16.9. The molecule has 0 atom stereocenters. The van der Waals surface area contributed by atoms with Crippen molar-refractivity contribution in [2.75, 3.05) is 12.4 Å². The molecule has 0 aliphatic carbocycles. The van der Waals surface area contributed by atoms with Crippen LogP contribution in [-0.2, 0) is 21.2 Å². The molecule has 0 fully saturated rings. The van der Waals surface area contributed by atoms with Crippen LogP contribution in [0, 0.1) is 6.92 Å². The molecule has 2 N–H and O–H groups in total. The maximum Gasteiger partial charge on any atom is 0.240 e. The first-order valence-corrected chi connectivity index (χ1v) is 10.3. The number of hydrogen-bond acceptors (Lipinski definition) is 4. The summed E-state index contributed by atoms with van der Waals surface area (Å²) in [4.78, 5) is 12.4. The van der Waals surface area contributed by atoms with Crippen LogP contribution in [-0.4, -0.2) is 27.5 Å². The first kappa shape index (κ1) is 20.9. The smallest absolute Gasteiger partial charge is 0.240 e. The molecule has 146 valence electrons. The number of anilines is 1. The van der Waals surface area contributed by atoms with Crippen molar-refractivity contribution >= 4 is 21.6 Å². The van der Waals surface area contributed by atoms with Gasteiger partial charge in [0.1, 0.15) is 5.75 Å². The van der Waals surface area contributed by atoms with Gasteiger partial charge in [0, 0.05) is 12.5 Å². The second kappa shape index (κ2) is 9.01. The quantitative estimate of drug-likeness (QED) is 0.725. The van der Waals surface area contributed by atoms with Crippen LogP contribution < -0.4 is 14.8 Å². The topological polar surface area (TPSA) is 84.5 Å². The molecule has 0 aliphatic heterocycles. The fourth-order valence-electron chi connectivity index (χ4n) is 2.56. The van der Waals surface area contributed by atoms with E-state index in [9.17, 15) is 13.2 Å². The molecule has 0 spiro atoms. The summed E-state index contributed by atoms with van der Waals surface area (Å²) in [6.45, 7) is 5.50. The average Bonchev–Trinajstić information content (AvgIpc) is 2.60. The number of sulfonamides is 1. The van der Waals surface area contributed by atoms with Crippen molar-refractivity contribution in [2.45, 2.75) is 44.6 Å². The molecule has 0 radical (unpaired) electrons. The van der Waals surface area contributed by atoms with E-state index >= 15 is 0 Å². The number of hydrogen-bond donors (Lipinski definition) is 2. The lowest BCUT2D eigenvalue weighted by atomic mass is 10.1. The molecule has 0 saturated carbocycles. The summed E-state index contributed by atoms with van der Waals surface area (Å²) in [5, 5.41) is 2.75. The Morgan fingerprint density at radius 3 is 2.37 bits per heavy atom. The molecule has 0 aliphatic rings. The Morgan fingerprint density at radius 1 is 1.11 bits per heavy atom. The minimum Gasteiger partial charge on any atom is -0.495 e. The summed E-state index contributed by atoms with van der Waals surface area (Å²) in [6, 6.07) is 12.2. The largest absolute Gasteiger partial charge is 0.495 e. The summed E-state index contributed by atoms with van der Waals surface area (Å²) in [5.74, 6) is 0.197. The molecule has 0 bridgehead atoms. The van der Waals surface area contributed by atoms with Gasteiger partial charge in [-0.2, -0.15) is 0 Å². The molecule has 1 amide bonds. The van der Waals surface area contributed by atoms with Crippen molar-refractivity contribution in [1.82, 2.24) is 4.72 Å². The summed E-state index contributed by atoms with van der Waals surface area (Å²) in [6.07, 6.45) is 0.884. The number of ether oxygens (including phenoxy) is 1. The summed E-state index contributed by atoms with van der Waals surface area (Å²) in [7, 11) is -2.19. The highest BCUT2D eigenvalue weighted by Crippen LogP contribution is 2.28. The molecule has 27 heavy (non-hydrogen) atoms. The number of methoxy groups -OCH3 is 1. The number of amides is 1. The van der Waals surface area contributed by atoms with Crippen LogP contribution >= 0.6 is 0 Å². The van der Waals surface area contributed by atoms with Gasteiger partial charge < -0.3 is 10.1 Å². The number of nitrogens with one attached hydrogen (secondary N) is 2. The van der Waals surface area contributed by atoms with Gasteiger partial charge >= 0.3 is 0 Å². The fraction of sp³-hybridized carbons (Fsp3) is 0.350. The van der Waals surface area contributed by atoms with Gasteiger partial charge in [0.25, 0.3) is 0 Å². The molecule has 0 unspecified atom stereocenters. The lowest BCUT2D eigenvalue weighted by Crippen LogP contribution is -2.30. The van der Waals surface area contributed by atoms with E-state index in [2.05, 4.69) is 10.0 Å². The van der Waals surface area contributed by atoms with Gasteiger partial charge in [0.2, 0.25) is 15.9 Å². The number of carbonyl (C=O) groups is 1. The van der Waals surface area contributed by atoms with Crippen LogP contribution in [0.25, 0.3) is 0 Å². The molecule has 0 aromatic heterocycles. The van der Waals surface area contributed by atoms with Crippen LogP contribution in [0.2, 0.25) is 0 Å². The third kappa shape index (κ3) is 6.08. The first-order chi connectivity index (χ1) is 12.7. The van der Waals surface area contributed by atoms with Gasteiger partial charge in [-0.05, 0) is 51.0 Å². The van der Waals surface area contributed by atoms with Crippen LogP contribution in [0.5, 0.6) is 5.75 Å². The van der Waals surface area contributed by atoms with Crippen molar-refractivity contribution in [3.8, 4) is 5.75 Å². The lowest BCUT2D eigenvalue weighted by Gasteiger charge is -2.14. The molecule has 7 heteroatoms. The summed E-state index contributed by atoms with van der Waals surface area (Å²) in [5.41, 5.74) is 2.57. The Morgan fingerprint density at radius 2 is 1.78 bits per heavy atom. The van der Waals surface area contributed by atoms with Gasteiger partial charge in [-0.15, -0.1) is 0 Å². The molecule has 0 saturated heterocycles. The number of rotatable bonds is 8. The second-order valence-corrected chi connectivity index (χ2v) is 8.39. The van der Waals surface area contributed by atoms with Gasteiger partial charge in [-0.3, -0.25) is 4.79 Å². The van der Waals surface area contributed by atoms with Gasteiger partial charge in [0.05, 0.1) is 17.7 Å². The molecule has 0 heterocycles. The van der Waals surface area contributed by atoms with E-state index in [0.29, 0.717) is 17.9 Å². The van der Waals surface area contributed by atoms with Crippen LogP contribution in [0.4, 0.5) is 5.69 Å². The highest BCUT2D eigenvalue weighted by molar-refractivity contribution is 7.89. The van der Waals surface area contributed by atoms with E-state index in [0.717, 1.165) is 5.56 Å². The monoisotopic (exact) mass is 390 g/mol. The van der Waals surface area contributed by atoms with Gasteiger partial charge in [0.15, 0.2) is 0 Å². The van der Waals surface area contributed by atoms with Gasteiger partial charge in [-0.1, -0.05) is 29.8 Å². The highest BCUT2D eigenvalue weighted by Gasteiger charge is 2.18. The zero-order chi connectivity index (χ0) is 20.0. The lowest BCUT2D eigenvalue weighted by molar-refractivity contribution is -0.116. The molecule has 2 aromatic carbocycles. The van der Waals surface area contributed by atoms with E-state index in [1.54, 1.807) is 13.8 Å². The molecule has 2 rings (SSSR count). The third-order valence-electron chi connectivity index (χ3n) is 3.91. The Balaban J connectivity index is 2.12. The van der Waals surface area contributed by atoms with Crippen molar-refractivity contribution in [3.63, 3.8) is 0 Å². The van der Waals surface area contributed by atoms with Crippen molar-refractivity contribution in [2.24, 2.45) is 0 Å². The Hall–Kier alpha value is -2.38. The number of benzene rings is 2. The Bertz CT molecular complexity index is 891. The van der Waals surface area contributed by atoms with Crippen LogP contribution in [0.15, 0.2) is 47.4 Å². The molecular weight excluding hydrogens is 364 g/mol. The summed E-state index contributed by atoms with van der Waals surface area (Å²) >= 11 is 0. The predicted molar refractivity (Wildman–Crippen MR) is 107 cm³/mol. The normalized spacial score (nSPS) is 11.4. The second-order valence-electron chi connectivity index (χ2n) is 6.67. The third-order valence-corrected chi connectivity index (χ3v) is 5.56. The number of aryl methyl sites for hydroxylation is 2. The Kier molecular flexibility index (Phi) is 6.98. The van der Waals surface area contributed by atoms with Crippen LogP contribution in [0.3, 0.4) is 0 Å². The predicted octanol–water partition coefficient (Wildman–Crippen LogP) is 3.26. The van der Waals surface area contributed by atoms with Gasteiger partial charge in [-0.25, -0.2) is 13.1 Å². The summed E-state index contributed by atoms with van der Waals surface area (Å²) < 4.78 is 32.5. The van der Waals surface area contributed by atoms with E-state index in [1.165, 1.54) is 30.9 Å². The van der Waals surface area contributed by atoms with Crippen molar-refractivity contribution in [3.05, 3.63) is 53.6 Å². The van der Waals surface area contributed by atoms with E-state index < -0.39 is 10.0 Å². The highest BCUT2D eigenvalue weighted by atomic mass is 32.2. The molecule has 6 nitrogen and oxygen atoms in total. The van der Waals surface area contributed by atoms with E-state index in [-0.39, 0.29) is 23.3 Å². The standard InChI is InChI=1S/C20H26N2O4S/c1-14(2)22-27(24,25)17-10-11-19(26-4)18(13-17)21-20(23)12-9-16-7-5-15(3)6-8-16/h5-8,10-11,13-14,22H,9,12H2,1-4H3,(H,21,23).